The summed E-state index contributed by atoms with van der Waals surface area (Å²) in [5.74, 6) is 0. The Morgan fingerprint density at radius 3 is 2.93 bits per heavy atom. The summed E-state index contributed by atoms with van der Waals surface area (Å²) in [7, 11) is 1.86. The molecule has 0 unspecified atom stereocenters. The van der Waals surface area contributed by atoms with Crippen molar-refractivity contribution < 1.29 is 0 Å². The largest absolute Gasteiger partial charge is 0.385 e. The highest BCUT2D eigenvalue weighted by molar-refractivity contribution is 9.10. The van der Waals surface area contributed by atoms with Gasteiger partial charge in [-0.2, -0.15) is 5.10 Å². The predicted octanol–water partition coefficient (Wildman–Crippen LogP) is 2.07. The molecule has 0 spiro atoms. The molecule has 14 heavy (non-hydrogen) atoms. The van der Waals surface area contributed by atoms with Crippen molar-refractivity contribution in [2.75, 3.05) is 12.4 Å². The summed E-state index contributed by atoms with van der Waals surface area (Å²) in [6.07, 6.45) is 5.40. The van der Waals surface area contributed by atoms with Crippen LogP contribution in [0.1, 0.15) is 0 Å². The molecule has 0 atom stereocenters. The third kappa shape index (κ3) is 1.63. The predicted molar refractivity (Wildman–Crippen MR) is 58.6 cm³/mol. The number of nitrogens with zero attached hydrogens (tertiary/aromatic N) is 3. The number of halogens is 1. The molecule has 0 aliphatic heterocycles. The Morgan fingerprint density at radius 2 is 2.36 bits per heavy atom. The van der Waals surface area contributed by atoms with Crippen LogP contribution in [0.15, 0.2) is 35.3 Å². The first-order valence-electron chi connectivity index (χ1n) is 4.14. The number of anilines is 1. The maximum absolute atomic E-state index is 4.28. The van der Waals surface area contributed by atoms with E-state index in [1.165, 1.54) is 0 Å². The van der Waals surface area contributed by atoms with E-state index in [0.717, 1.165) is 16.0 Å². The molecule has 0 bridgehead atoms. The molecule has 2 rings (SSSR count). The Balaban J connectivity index is 2.43. The summed E-state index contributed by atoms with van der Waals surface area (Å²) in [5.41, 5.74) is 1.89. The molecule has 0 aliphatic carbocycles. The van der Waals surface area contributed by atoms with Gasteiger partial charge in [-0.1, -0.05) is 0 Å². The van der Waals surface area contributed by atoms with E-state index in [-0.39, 0.29) is 0 Å². The van der Waals surface area contributed by atoms with E-state index in [9.17, 15) is 0 Å². The highest BCUT2D eigenvalue weighted by Crippen LogP contribution is 2.21. The number of pyridine rings is 1. The van der Waals surface area contributed by atoms with Crippen LogP contribution < -0.4 is 5.32 Å². The minimum absolute atomic E-state index is 0.795. The summed E-state index contributed by atoms with van der Waals surface area (Å²) in [6.45, 7) is 0. The molecule has 5 heteroatoms. The molecule has 0 saturated heterocycles. The summed E-state index contributed by atoms with van der Waals surface area (Å²) in [6, 6.07) is 3.83. The van der Waals surface area contributed by atoms with Crippen LogP contribution in [0.4, 0.5) is 5.69 Å². The minimum Gasteiger partial charge on any atom is -0.385 e. The van der Waals surface area contributed by atoms with Crippen molar-refractivity contribution in [3.05, 3.63) is 35.3 Å². The van der Waals surface area contributed by atoms with E-state index in [4.69, 9.17) is 0 Å². The second-order valence-corrected chi connectivity index (χ2v) is 3.49. The average molecular weight is 253 g/mol. The van der Waals surface area contributed by atoms with Crippen LogP contribution in [-0.2, 0) is 0 Å². The first kappa shape index (κ1) is 9.21. The Bertz CT molecular complexity index is 424. The van der Waals surface area contributed by atoms with Crippen LogP contribution in [0.2, 0.25) is 0 Å². The topological polar surface area (TPSA) is 42.7 Å². The van der Waals surface area contributed by atoms with Crippen molar-refractivity contribution in [1.82, 2.24) is 14.8 Å². The number of aromatic nitrogens is 3. The molecule has 2 aromatic heterocycles. The van der Waals surface area contributed by atoms with E-state index in [2.05, 4.69) is 31.3 Å². The number of nitrogens with one attached hydrogen (secondary N) is 1. The molecule has 0 saturated carbocycles. The smallest absolute Gasteiger partial charge is 0.151 e. The van der Waals surface area contributed by atoms with Crippen molar-refractivity contribution in [3.8, 4) is 5.69 Å². The standard InChI is InChI=1S/C9H9BrN4/c1-11-8-6-14(13-9(8)10)7-3-2-4-12-5-7/h2-6,11H,1H3. The zero-order valence-corrected chi connectivity index (χ0v) is 9.19. The van der Waals surface area contributed by atoms with Gasteiger partial charge in [-0.05, 0) is 28.1 Å². The van der Waals surface area contributed by atoms with E-state index in [1.807, 2.05) is 25.4 Å². The van der Waals surface area contributed by atoms with Crippen molar-refractivity contribution in [2.45, 2.75) is 0 Å². The lowest BCUT2D eigenvalue weighted by atomic mass is 10.4. The third-order valence-corrected chi connectivity index (χ3v) is 2.43. The van der Waals surface area contributed by atoms with Gasteiger partial charge in [-0.3, -0.25) is 4.98 Å². The zero-order valence-electron chi connectivity index (χ0n) is 7.61. The minimum atomic E-state index is 0.795. The molecule has 4 nitrogen and oxygen atoms in total. The average Bonchev–Trinajstić information content (AvgIpc) is 2.61. The molecule has 2 aromatic rings. The molecule has 2 heterocycles. The summed E-state index contributed by atoms with van der Waals surface area (Å²) >= 11 is 3.36. The fourth-order valence-electron chi connectivity index (χ4n) is 1.14. The molecule has 0 amide bonds. The number of hydrogen-bond donors (Lipinski definition) is 1. The lowest BCUT2D eigenvalue weighted by Crippen LogP contribution is -1.94. The Labute approximate surface area is 90.1 Å². The maximum atomic E-state index is 4.28. The van der Waals surface area contributed by atoms with Gasteiger partial charge in [-0.15, -0.1) is 0 Å². The molecule has 0 aliphatic rings. The zero-order chi connectivity index (χ0) is 9.97. The Hall–Kier alpha value is -1.36. The third-order valence-electron chi connectivity index (χ3n) is 1.85. The van der Waals surface area contributed by atoms with Crippen LogP contribution in [0.3, 0.4) is 0 Å². The summed E-state index contributed by atoms with van der Waals surface area (Å²) in [5, 5.41) is 7.32. The second-order valence-electron chi connectivity index (χ2n) is 2.74. The van der Waals surface area contributed by atoms with Gasteiger partial charge in [0.2, 0.25) is 0 Å². The van der Waals surface area contributed by atoms with Gasteiger partial charge < -0.3 is 5.32 Å². The van der Waals surface area contributed by atoms with E-state index in [1.54, 1.807) is 17.1 Å². The van der Waals surface area contributed by atoms with Gasteiger partial charge >= 0.3 is 0 Å². The van der Waals surface area contributed by atoms with Gasteiger partial charge in [0.15, 0.2) is 4.60 Å². The molecule has 0 fully saturated rings. The Kier molecular flexibility index (Phi) is 2.49. The van der Waals surface area contributed by atoms with Gasteiger partial charge in [-0.25, -0.2) is 4.68 Å². The molecular weight excluding hydrogens is 244 g/mol. The second kappa shape index (κ2) is 3.79. The van der Waals surface area contributed by atoms with E-state index >= 15 is 0 Å². The highest BCUT2D eigenvalue weighted by Gasteiger charge is 2.04. The van der Waals surface area contributed by atoms with E-state index in [0.29, 0.717) is 0 Å². The number of hydrogen-bond acceptors (Lipinski definition) is 3. The molecule has 0 radical (unpaired) electrons. The lowest BCUT2D eigenvalue weighted by Gasteiger charge is -1.97. The quantitative estimate of drug-likeness (QED) is 0.890. The fourth-order valence-corrected chi connectivity index (χ4v) is 1.61. The molecular formula is C9H9BrN4. The molecule has 1 N–H and O–H groups in total. The van der Waals surface area contributed by atoms with Crippen molar-refractivity contribution >= 4 is 21.6 Å². The Morgan fingerprint density at radius 1 is 1.50 bits per heavy atom. The normalized spacial score (nSPS) is 10.1. The van der Waals surface area contributed by atoms with Crippen LogP contribution in [-0.4, -0.2) is 21.8 Å². The lowest BCUT2D eigenvalue weighted by molar-refractivity contribution is 0.864. The van der Waals surface area contributed by atoms with Crippen LogP contribution in [0.5, 0.6) is 0 Å². The monoisotopic (exact) mass is 252 g/mol. The molecule has 72 valence electrons. The van der Waals surface area contributed by atoms with Gasteiger partial charge in [0.05, 0.1) is 23.8 Å². The summed E-state index contributed by atoms with van der Waals surface area (Å²) in [4.78, 5) is 4.03. The van der Waals surface area contributed by atoms with Crippen LogP contribution in [0.25, 0.3) is 5.69 Å². The maximum Gasteiger partial charge on any atom is 0.151 e. The van der Waals surface area contributed by atoms with Crippen molar-refractivity contribution in [2.24, 2.45) is 0 Å². The first-order chi connectivity index (χ1) is 6.81. The molecule has 0 aromatic carbocycles. The van der Waals surface area contributed by atoms with Gasteiger partial charge in [0.25, 0.3) is 0 Å². The van der Waals surface area contributed by atoms with Crippen LogP contribution >= 0.6 is 15.9 Å². The first-order valence-corrected chi connectivity index (χ1v) is 4.94. The highest BCUT2D eigenvalue weighted by atomic mass is 79.9. The SMILES string of the molecule is CNc1cn(-c2cccnc2)nc1Br. The number of rotatable bonds is 2. The van der Waals surface area contributed by atoms with Crippen LogP contribution in [0, 0.1) is 0 Å². The van der Waals surface area contributed by atoms with Gasteiger partial charge in [0, 0.05) is 13.2 Å². The fraction of sp³-hybridized carbons (Fsp3) is 0.111. The van der Waals surface area contributed by atoms with Gasteiger partial charge in [0.1, 0.15) is 0 Å². The van der Waals surface area contributed by atoms with E-state index < -0.39 is 0 Å². The summed E-state index contributed by atoms with van der Waals surface area (Å²) < 4.78 is 2.56. The van der Waals surface area contributed by atoms with Crippen molar-refractivity contribution in [3.63, 3.8) is 0 Å². The van der Waals surface area contributed by atoms with Crippen molar-refractivity contribution in [1.29, 1.82) is 0 Å².